The maximum Gasteiger partial charge on any atom is 0.322 e. The topological polar surface area (TPSA) is 96.7 Å². The standard InChI is InChI=1S/C17H22N4O4S/c1-12-10-15(20-25-12)19-16(22)11-21(8-9-24-2)17(23)18-13-4-6-14(26-3)7-5-13/h4-7,10H,8-9,11H2,1-3H3,(H,18,23)(H,19,20,22). The van der Waals surface area contributed by atoms with Crippen molar-refractivity contribution in [2.24, 2.45) is 0 Å². The number of hydrogen-bond acceptors (Lipinski definition) is 6. The van der Waals surface area contributed by atoms with E-state index >= 15 is 0 Å². The van der Waals surface area contributed by atoms with Gasteiger partial charge in [-0.1, -0.05) is 5.16 Å². The summed E-state index contributed by atoms with van der Waals surface area (Å²) < 4.78 is 9.92. The summed E-state index contributed by atoms with van der Waals surface area (Å²) in [5.74, 6) is 0.525. The largest absolute Gasteiger partial charge is 0.383 e. The lowest BCUT2D eigenvalue weighted by atomic mass is 10.3. The smallest absolute Gasteiger partial charge is 0.322 e. The Bertz CT molecular complexity index is 733. The third kappa shape index (κ3) is 6.08. The normalized spacial score (nSPS) is 10.4. The molecule has 1 aromatic heterocycles. The van der Waals surface area contributed by atoms with E-state index in [2.05, 4.69) is 15.8 Å². The lowest BCUT2D eigenvalue weighted by Gasteiger charge is -2.22. The summed E-state index contributed by atoms with van der Waals surface area (Å²) >= 11 is 1.62. The molecule has 140 valence electrons. The van der Waals surface area contributed by atoms with Crippen LogP contribution in [-0.2, 0) is 9.53 Å². The number of hydrogen-bond donors (Lipinski definition) is 2. The Morgan fingerprint density at radius 1 is 1.27 bits per heavy atom. The van der Waals surface area contributed by atoms with E-state index in [9.17, 15) is 9.59 Å². The van der Waals surface area contributed by atoms with E-state index in [1.165, 1.54) is 12.0 Å². The van der Waals surface area contributed by atoms with Crippen LogP contribution in [0.5, 0.6) is 0 Å². The molecule has 0 unspecified atom stereocenters. The molecule has 0 radical (unpaired) electrons. The number of anilines is 2. The first-order valence-corrected chi connectivity index (χ1v) is 9.16. The molecule has 2 aromatic rings. The molecule has 9 heteroatoms. The number of carbonyl (C=O) groups excluding carboxylic acids is 2. The van der Waals surface area contributed by atoms with Crippen molar-refractivity contribution in [2.75, 3.05) is 43.7 Å². The van der Waals surface area contributed by atoms with Gasteiger partial charge in [0.1, 0.15) is 12.3 Å². The fourth-order valence-electron chi connectivity index (χ4n) is 2.11. The second-order valence-electron chi connectivity index (χ2n) is 5.44. The molecular weight excluding hydrogens is 356 g/mol. The predicted molar refractivity (Wildman–Crippen MR) is 101 cm³/mol. The zero-order valence-electron chi connectivity index (χ0n) is 14.9. The van der Waals surface area contributed by atoms with Crippen LogP contribution < -0.4 is 10.6 Å². The van der Waals surface area contributed by atoms with Crippen LogP contribution >= 0.6 is 11.8 Å². The maximum absolute atomic E-state index is 12.5. The van der Waals surface area contributed by atoms with E-state index in [-0.39, 0.29) is 25.0 Å². The van der Waals surface area contributed by atoms with E-state index in [0.29, 0.717) is 23.9 Å². The van der Waals surface area contributed by atoms with E-state index in [1.54, 1.807) is 24.8 Å². The van der Waals surface area contributed by atoms with Crippen LogP contribution in [0.4, 0.5) is 16.3 Å². The molecule has 0 saturated carbocycles. The number of nitrogens with zero attached hydrogens (tertiary/aromatic N) is 2. The molecule has 0 aliphatic carbocycles. The van der Waals surface area contributed by atoms with Gasteiger partial charge >= 0.3 is 6.03 Å². The van der Waals surface area contributed by atoms with Crippen molar-refractivity contribution in [3.63, 3.8) is 0 Å². The van der Waals surface area contributed by atoms with Gasteiger partial charge in [-0.25, -0.2) is 4.79 Å². The van der Waals surface area contributed by atoms with Crippen LogP contribution in [0.1, 0.15) is 5.76 Å². The molecule has 0 aliphatic heterocycles. The van der Waals surface area contributed by atoms with Crippen LogP contribution in [0.2, 0.25) is 0 Å². The first-order valence-electron chi connectivity index (χ1n) is 7.94. The van der Waals surface area contributed by atoms with Crippen molar-refractivity contribution in [3.05, 3.63) is 36.1 Å². The molecule has 0 aliphatic rings. The van der Waals surface area contributed by atoms with Gasteiger partial charge in [-0.2, -0.15) is 0 Å². The minimum absolute atomic E-state index is 0.135. The Kier molecular flexibility index (Phi) is 7.49. The highest BCUT2D eigenvalue weighted by Crippen LogP contribution is 2.17. The van der Waals surface area contributed by atoms with E-state index in [1.807, 2.05) is 30.5 Å². The Labute approximate surface area is 156 Å². The maximum atomic E-state index is 12.5. The number of nitrogens with one attached hydrogen (secondary N) is 2. The van der Waals surface area contributed by atoms with Crippen molar-refractivity contribution >= 4 is 35.2 Å². The summed E-state index contributed by atoms with van der Waals surface area (Å²) in [5.41, 5.74) is 0.655. The Balaban J connectivity index is 1.97. The second-order valence-corrected chi connectivity index (χ2v) is 6.32. The monoisotopic (exact) mass is 378 g/mol. The highest BCUT2D eigenvalue weighted by Gasteiger charge is 2.18. The van der Waals surface area contributed by atoms with Crippen LogP contribution in [0.3, 0.4) is 0 Å². The van der Waals surface area contributed by atoms with E-state index < -0.39 is 0 Å². The summed E-state index contributed by atoms with van der Waals surface area (Å²) in [6, 6.07) is 8.68. The van der Waals surface area contributed by atoms with Crippen molar-refractivity contribution in [3.8, 4) is 0 Å². The fourth-order valence-corrected chi connectivity index (χ4v) is 2.52. The molecule has 2 rings (SSSR count). The van der Waals surface area contributed by atoms with Gasteiger partial charge in [0.2, 0.25) is 5.91 Å². The molecule has 0 spiro atoms. The van der Waals surface area contributed by atoms with Gasteiger partial charge in [-0.3, -0.25) is 4.79 Å². The molecule has 0 fully saturated rings. The number of rotatable bonds is 8. The lowest BCUT2D eigenvalue weighted by molar-refractivity contribution is -0.116. The Hall–Kier alpha value is -2.52. The Morgan fingerprint density at radius 3 is 2.58 bits per heavy atom. The average Bonchev–Trinajstić information content (AvgIpc) is 3.03. The van der Waals surface area contributed by atoms with Gasteiger partial charge in [-0.05, 0) is 37.4 Å². The molecule has 0 atom stereocenters. The summed E-state index contributed by atoms with van der Waals surface area (Å²) in [4.78, 5) is 27.2. The van der Waals surface area contributed by atoms with Crippen molar-refractivity contribution < 1.29 is 18.8 Å². The number of aryl methyl sites for hydroxylation is 1. The first kappa shape index (κ1) is 19.8. The van der Waals surface area contributed by atoms with Crippen molar-refractivity contribution in [1.29, 1.82) is 0 Å². The summed E-state index contributed by atoms with van der Waals surface area (Å²) in [5, 5.41) is 9.08. The van der Waals surface area contributed by atoms with Gasteiger partial charge < -0.3 is 24.8 Å². The SMILES string of the molecule is COCCN(CC(=O)Nc1cc(C)on1)C(=O)Nc1ccc(SC)cc1. The van der Waals surface area contributed by atoms with Crippen LogP contribution in [0, 0.1) is 6.92 Å². The number of amides is 3. The molecule has 2 N–H and O–H groups in total. The van der Waals surface area contributed by atoms with E-state index in [4.69, 9.17) is 9.26 Å². The summed E-state index contributed by atoms with van der Waals surface area (Å²) in [6.07, 6.45) is 1.98. The third-order valence-electron chi connectivity index (χ3n) is 3.42. The zero-order chi connectivity index (χ0) is 18.9. The van der Waals surface area contributed by atoms with Crippen LogP contribution in [0.25, 0.3) is 0 Å². The quantitative estimate of drug-likeness (QED) is 0.686. The number of urea groups is 1. The average molecular weight is 378 g/mol. The highest BCUT2D eigenvalue weighted by molar-refractivity contribution is 7.98. The minimum atomic E-state index is -0.384. The molecule has 0 saturated heterocycles. The number of benzene rings is 1. The zero-order valence-corrected chi connectivity index (χ0v) is 15.8. The predicted octanol–water partition coefficient (Wildman–Crippen LogP) is 2.82. The molecule has 1 aromatic carbocycles. The van der Waals surface area contributed by atoms with Crippen molar-refractivity contribution in [1.82, 2.24) is 10.1 Å². The van der Waals surface area contributed by atoms with Gasteiger partial charge in [0.15, 0.2) is 5.82 Å². The van der Waals surface area contributed by atoms with E-state index in [0.717, 1.165) is 4.90 Å². The van der Waals surface area contributed by atoms with Crippen molar-refractivity contribution in [2.45, 2.75) is 11.8 Å². The van der Waals surface area contributed by atoms with Crippen LogP contribution in [0.15, 0.2) is 39.8 Å². The number of methoxy groups -OCH3 is 1. The van der Waals surface area contributed by atoms with Gasteiger partial charge in [0.25, 0.3) is 0 Å². The number of thioether (sulfide) groups is 1. The molecular formula is C17H22N4O4S. The first-order chi connectivity index (χ1) is 12.5. The fraction of sp³-hybridized carbons (Fsp3) is 0.353. The molecule has 8 nitrogen and oxygen atoms in total. The minimum Gasteiger partial charge on any atom is -0.383 e. The molecule has 1 heterocycles. The van der Waals surface area contributed by atoms with Gasteiger partial charge in [0.05, 0.1) is 6.61 Å². The van der Waals surface area contributed by atoms with Gasteiger partial charge in [0, 0.05) is 30.3 Å². The highest BCUT2D eigenvalue weighted by atomic mass is 32.2. The number of aromatic nitrogens is 1. The Morgan fingerprint density at radius 2 is 2.00 bits per heavy atom. The molecule has 3 amide bonds. The number of carbonyl (C=O) groups is 2. The third-order valence-corrected chi connectivity index (χ3v) is 4.17. The van der Waals surface area contributed by atoms with Crippen LogP contribution in [-0.4, -0.2) is 55.1 Å². The molecule has 26 heavy (non-hydrogen) atoms. The second kappa shape index (κ2) is 9.83. The summed E-state index contributed by atoms with van der Waals surface area (Å²) in [7, 11) is 1.54. The van der Waals surface area contributed by atoms with Gasteiger partial charge in [-0.15, -0.1) is 11.8 Å². The molecule has 0 bridgehead atoms. The summed E-state index contributed by atoms with van der Waals surface area (Å²) in [6.45, 7) is 2.18. The number of ether oxygens (including phenoxy) is 1. The lowest BCUT2D eigenvalue weighted by Crippen LogP contribution is -2.42.